The summed E-state index contributed by atoms with van der Waals surface area (Å²) in [5.74, 6) is 0.567. The third-order valence-corrected chi connectivity index (χ3v) is 5.53. The van der Waals surface area contributed by atoms with Gasteiger partial charge in [-0.3, -0.25) is 4.79 Å². The zero-order valence-corrected chi connectivity index (χ0v) is 13.4. The zero-order valence-electron chi connectivity index (χ0n) is 9.45. The summed E-state index contributed by atoms with van der Waals surface area (Å²) in [4.78, 5) is 14.2. The highest BCUT2D eigenvalue weighted by molar-refractivity contribution is 9.12. The SMILES string of the molecule is CC1CCN(C(=O)c2cc(Br)sc2Br)CC1N. The third kappa shape index (κ3) is 2.92. The first-order valence-corrected chi connectivity index (χ1v) is 7.89. The van der Waals surface area contributed by atoms with Gasteiger partial charge in [0.2, 0.25) is 0 Å². The van der Waals surface area contributed by atoms with Gasteiger partial charge in [-0.1, -0.05) is 6.92 Å². The number of halogens is 2. The van der Waals surface area contributed by atoms with Crippen LogP contribution in [0.25, 0.3) is 0 Å². The lowest BCUT2D eigenvalue weighted by Gasteiger charge is -2.35. The van der Waals surface area contributed by atoms with Crippen molar-refractivity contribution in [1.29, 1.82) is 0 Å². The number of amides is 1. The molecular weight excluding hydrogens is 368 g/mol. The minimum absolute atomic E-state index is 0.0705. The van der Waals surface area contributed by atoms with E-state index in [2.05, 4.69) is 38.8 Å². The standard InChI is InChI=1S/C11H14Br2N2OS/c1-6-2-3-15(5-8(6)14)11(16)7-4-9(12)17-10(7)13/h4,6,8H,2-3,5,14H2,1H3. The molecule has 1 saturated heterocycles. The normalized spacial score (nSPS) is 25.1. The molecule has 3 nitrogen and oxygen atoms in total. The second kappa shape index (κ2) is 5.38. The molecule has 1 aliphatic heterocycles. The Labute approximate surface area is 122 Å². The predicted molar refractivity (Wildman–Crippen MR) is 77.4 cm³/mol. The summed E-state index contributed by atoms with van der Waals surface area (Å²) in [6, 6.07) is 1.95. The van der Waals surface area contributed by atoms with Gasteiger partial charge in [-0.25, -0.2) is 0 Å². The summed E-state index contributed by atoms with van der Waals surface area (Å²) >= 11 is 8.33. The predicted octanol–water partition coefficient (Wildman–Crippen LogP) is 3.08. The summed E-state index contributed by atoms with van der Waals surface area (Å²) in [6.45, 7) is 3.59. The molecule has 0 aliphatic carbocycles. The van der Waals surface area contributed by atoms with Gasteiger partial charge in [-0.05, 0) is 50.3 Å². The van der Waals surface area contributed by atoms with Crippen LogP contribution in [0.2, 0.25) is 0 Å². The van der Waals surface area contributed by atoms with E-state index in [1.165, 1.54) is 11.3 Å². The highest BCUT2D eigenvalue weighted by atomic mass is 79.9. The molecule has 0 saturated carbocycles. The first kappa shape index (κ1) is 13.5. The van der Waals surface area contributed by atoms with Gasteiger partial charge in [0, 0.05) is 19.1 Å². The van der Waals surface area contributed by atoms with Crippen LogP contribution in [0.5, 0.6) is 0 Å². The summed E-state index contributed by atoms with van der Waals surface area (Å²) in [6.07, 6.45) is 0.982. The van der Waals surface area contributed by atoms with Gasteiger partial charge in [0.05, 0.1) is 13.1 Å². The largest absolute Gasteiger partial charge is 0.337 e. The number of rotatable bonds is 1. The van der Waals surface area contributed by atoms with E-state index in [0.717, 1.165) is 26.1 Å². The van der Waals surface area contributed by atoms with Crippen molar-refractivity contribution in [2.45, 2.75) is 19.4 Å². The fourth-order valence-corrected chi connectivity index (χ4v) is 4.72. The molecule has 94 valence electrons. The fraction of sp³-hybridized carbons (Fsp3) is 0.545. The molecule has 1 amide bonds. The Kier molecular flexibility index (Phi) is 4.28. The van der Waals surface area contributed by atoms with Gasteiger partial charge in [-0.15, -0.1) is 11.3 Å². The van der Waals surface area contributed by atoms with Gasteiger partial charge < -0.3 is 10.6 Å². The van der Waals surface area contributed by atoms with E-state index in [0.29, 0.717) is 12.5 Å². The molecule has 2 N–H and O–H groups in total. The van der Waals surface area contributed by atoms with Gasteiger partial charge in [0.1, 0.15) is 0 Å². The maximum Gasteiger partial charge on any atom is 0.255 e. The molecular formula is C11H14Br2N2OS. The number of hydrogen-bond acceptors (Lipinski definition) is 3. The fourth-order valence-electron chi connectivity index (χ4n) is 1.94. The van der Waals surface area contributed by atoms with Crippen LogP contribution in [0.15, 0.2) is 13.6 Å². The van der Waals surface area contributed by atoms with E-state index in [1.807, 2.05) is 11.0 Å². The van der Waals surface area contributed by atoms with Crippen LogP contribution in [0, 0.1) is 5.92 Å². The van der Waals surface area contributed by atoms with E-state index in [1.54, 1.807) is 0 Å². The van der Waals surface area contributed by atoms with Crippen molar-refractivity contribution in [3.05, 3.63) is 19.2 Å². The molecule has 1 aromatic rings. The zero-order chi connectivity index (χ0) is 12.6. The van der Waals surface area contributed by atoms with Gasteiger partial charge in [0.15, 0.2) is 0 Å². The van der Waals surface area contributed by atoms with Crippen molar-refractivity contribution in [2.24, 2.45) is 11.7 Å². The average Bonchev–Trinajstić information content (AvgIpc) is 2.61. The van der Waals surface area contributed by atoms with Gasteiger partial charge in [-0.2, -0.15) is 0 Å². The van der Waals surface area contributed by atoms with Crippen molar-refractivity contribution in [1.82, 2.24) is 4.90 Å². The molecule has 6 heteroatoms. The molecule has 2 heterocycles. The lowest BCUT2D eigenvalue weighted by Crippen LogP contribution is -2.49. The molecule has 0 spiro atoms. The average molecular weight is 382 g/mol. The van der Waals surface area contributed by atoms with Crippen LogP contribution in [0.1, 0.15) is 23.7 Å². The van der Waals surface area contributed by atoms with Crippen molar-refractivity contribution < 1.29 is 4.79 Å². The van der Waals surface area contributed by atoms with Gasteiger partial charge >= 0.3 is 0 Å². The molecule has 1 aliphatic rings. The maximum absolute atomic E-state index is 12.3. The monoisotopic (exact) mass is 380 g/mol. The first-order chi connectivity index (χ1) is 7.99. The molecule has 2 unspecified atom stereocenters. The second-order valence-corrected chi connectivity index (χ2v) is 8.17. The van der Waals surface area contributed by atoms with Crippen molar-refractivity contribution >= 4 is 49.1 Å². The van der Waals surface area contributed by atoms with Crippen LogP contribution in [-0.4, -0.2) is 29.9 Å². The van der Waals surface area contributed by atoms with E-state index in [4.69, 9.17) is 5.73 Å². The Balaban J connectivity index is 2.13. The number of carbonyl (C=O) groups is 1. The minimum atomic E-state index is 0.0705. The number of nitrogens with zero attached hydrogens (tertiary/aromatic N) is 1. The Hall–Kier alpha value is 0.0900. The summed E-state index contributed by atoms with van der Waals surface area (Å²) < 4.78 is 1.84. The molecule has 1 aromatic heterocycles. The molecule has 0 aromatic carbocycles. The Bertz CT molecular complexity index is 435. The Morgan fingerprint density at radius 2 is 2.29 bits per heavy atom. The number of hydrogen-bond donors (Lipinski definition) is 1. The van der Waals surface area contributed by atoms with Crippen molar-refractivity contribution in [2.75, 3.05) is 13.1 Å². The molecule has 2 rings (SSSR count). The van der Waals surface area contributed by atoms with Gasteiger partial charge in [0.25, 0.3) is 5.91 Å². The summed E-state index contributed by atoms with van der Waals surface area (Å²) in [5, 5.41) is 0. The number of likely N-dealkylation sites (tertiary alicyclic amines) is 1. The van der Waals surface area contributed by atoms with Crippen molar-refractivity contribution in [3.8, 4) is 0 Å². The lowest BCUT2D eigenvalue weighted by molar-refractivity contribution is 0.0672. The molecule has 0 bridgehead atoms. The number of thiophene rings is 1. The maximum atomic E-state index is 12.3. The molecule has 2 atom stereocenters. The van der Waals surface area contributed by atoms with Crippen LogP contribution >= 0.6 is 43.2 Å². The first-order valence-electron chi connectivity index (χ1n) is 5.48. The number of piperidine rings is 1. The summed E-state index contributed by atoms with van der Waals surface area (Å²) in [7, 11) is 0. The molecule has 1 fully saturated rings. The minimum Gasteiger partial charge on any atom is -0.337 e. The summed E-state index contributed by atoms with van der Waals surface area (Å²) in [5.41, 5.74) is 6.74. The van der Waals surface area contributed by atoms with Crippen LogP contribution in [0.4, 0.5) is 0 Å². The van der Waals surface area contributed by atoms with Crippen LogP contribution in [0.3, 0.4) is 0 Å². The molecule has 17 heavy (non-hydrogen) atoms. The van der Waals surface area contributed by atoms with Crippen LogP contribution in [-0.2, 0) is 0 Å². The van der Waals surface area contributed by atoms with Crippen LogP contribution < -0.4 is 5.73 Å². The van der Waals surface area contributed by atoms with E-state index in [-0.39, 0.29) is 11.9 Å². The quantitative estimate of drug-likeness (QED) is 0.812. The topological polar surface area (TPSA) is 46.3 Å². The Morgan fingerprint density at radius 1 is 1.59 bits per heavy atom. The van der Waals surface area contributed by atoms with E-state index >= 15 is 0 Å². The number of carbonyl (C=O) groups excluding carboxylic acids is 1. The second-order valence-electron chi connectivity index (χ2n) is 4.42. The smallest absolute Gasteiger partial charge is 0.255 e. The molecule has 0 radical (unpaired) electrons. The van der Waals surface area contributed by atoms with E-state index < -0.39 is 0 Å². The highest BCUT2D eigenvalue weighted by Crippen LogP contribution is 2.33. The highest BCUT2D eigenvalue weighted by Gasteiger charge is 2.28. The number of nitrogens with two attached hydrogens (primary N) is 1. The third-order valence-electron chi connectivity index (χ3n) is 3.19. The van der Waals surface area contributed by atoms with Crippen molar-refractivity contribution in [3.63, 3.8) is 0 Å². The van der Waals surface area contributed by atoms with E-state index in [9.17, 15) is 4.79 Å². The Morgan fingerprint density at radius 3 is 2.82 bits per heavy atom. The lowest BCUT2D eigenvalue weighted by atomic mass is 9.94.